The van der Waals surface area contributed by atoms with Gasteiger partial charge in [0, 0.05) is 59.4 Å². The van der Waals surface area contributed by atoms with Gasteiger partial charge in [-0.05, 0) is 128 Å². The van der Waals surface area contributed by atoms with Crippen molar-refractivity contribution in [1.29, 1.82) is 0 Å². The molecule has 12 aromatic carbocycles. The summed E-state index contributed by atoms with van der Waals surface area (Å²) in [6, 6.07) is 100. The molecule has 78 heavy (non-hydrogen) atoms. The van der Waals surface area contributed by atoms with Crippen LogP contribution < -0.4 is 14.4 Å². The van der Waals surface area contributed by atoms with Gasteiger partial charge in [-0.3, -0.25) is 0 Å². The number of benzene rings is 12. The molecule has 0 unspecified atom stereocenters. The maximum absolute atomic E-state index is 6.74. The van der Waals surface area contributed by atoms with Crippen LogP contribution in [0.4, 0.5) is 17.1 Å². The van der Waals surface area contributed by atoms with Crippen molar-refractivity contribution in [1.82, 2.24) is 0 Å². The zero-order valence-electron chi connectivity index (χ0n) is 42.2. The third kappa shape index (κ3) is 5.82. The van der Waals surface area contributed by atoms with Crippen LogP contribution in [-0.2, 0) is 10.8 Å². The van der Waals surface area contributed by atoms with Gasteiger partial charge in [-0.2, -0.15) is 0 Å². The number of nitrogens with zero attached hydrogens (tertiary/aromatic N) is 1. The summed E-state index contributed by atoms with van der Waals surface area (Å²) in [6.45, 7) is 0. The Balaban J connectivity index is 0.853. The van der Waals surface area contributed by atoms with Gasteiger partial charge < -0.3 is 14.4 Å². The summed E-state index contributed by atoms with van der Waals surface area (Å²) in [5, 5.41) is 2.60. The molecule has 3 heterocycles. The molecule has 4 aliphatic rings. The highest BCUT2D eigenvalue weighted by Crippen LogP contribution is 2.65. The maximum Gasteiger partial charge on any atom is 0.132 e. The molecule has 364 valence electrons. The monoisotopic (exact) mass is 1010 g/mol. The summed E-state index contributed by atoms with van der Waals surface area (Å²) in [7, 11) is 0. The van der Waals surface area contributed by atoms with E-state index in [9.17, 15) is 0 Å². The number of ether oxygens (including phenoxy) is 2. The molecule has 0 fully saturated rings. The van der Waals surface area contributed by atoms with Gasteiger partial charge in [0.15, 0.2) is 0 Å². The average Bonchev–Trinajstić information content (AvgIpc) is 4.19. The van der Waals surface area contributed by atoms with Gasteiger partial charge in [-0.25, -0.2) is 0 Å². The average molecular weight is 1010 g/mol. The third-order valence-corrected chi connectivity index (χ3v) is 18.5. The van der Waals surface area contributed by atoms with Gasteiger partial charge in [0.1, 0.15) is 23.0 Å². The second-order valence-corrected chi connectivity index (χ2v) is 22.0. The number of hydrogen-bond acceptors (Lipinski definition) is 4. The van der Waals surface area contributed by atoms with E-state index in [2.05, 4.69) is 278 Å². The van der Waals surface area contributed by atoms with Crippen LogP contribution in [0.1, 0.15) is 44.5 Å². The molecule has 13 aromatic rings. The molecule has 2 spiro atoms. The zero-order valence-corrected chi connectivity index (χ0v) is 43.0. The van der Waals surface area contributed by atoms with Crippen molar-refractivity contribution in [2.75, 3.05) is 4.90 Å². The van der Waals surface area contributed by atoms with E-state index in [0.29, 0.717) is 0 Å². The normalized spacial score (nSPS) is 14.1. The molecule has 0 atom stereocenters. The van der Waals surface area contributed by atoms with Gasteiger partial charge >= 0.3 is 0 Å². The van der Waals surface area contributed by atoms with Crippen LogP contribution >= 0.6 is 11.3 Å². The minimum atomic E-state index is -0.605. The Morgan fingerprint density at radius 3 is 1.36 bits per heavy atom. The second-order valence-electron chi connectivity index (χ2n) is 20.9. The largest absolute Gasteiger partial charge is 0.457 e. The lowest BCUT2D eigenvalue weighted by Crippen LogP contribution is -2.32. The van der Waals surface area contributed by atoms with E-state index in [0.717, 1.165) is 73.4 Å². The Kier molecular flexibility index (Phi) is 9.14. The molecule has 2 aliphatic carbocycles. The van der Waals surface area contributed by atoms with Gasteiger partial charge in [-0.1, -0.05) is 206 Å². The maximum atomic E-state index is 6.74. The minimum absolute atomic E-state index is 0.550. The van der Waals surface area contributed by atoms with E-state index in [1.165, 1.54) is 75.8 Å². The number of fused-ring (bicyclic) bond motifs is 21. The molecule has 0 bridgehead atoms. The van der Waals surface area contributed by atoms with Gasteiger partial charge in [0.2, 0.25) is 0 Å². The first-order valence-electron chi connectivity index (χ1n) is 26.8. The van der Waals surface area contributed by atoms with E-state index >= 15 is 0 Å². The summed E-state index contributed by atoms with van der Waals surface area (Å²) >= 11 is 1.87. The smallest absolute Gasteiger partial charge is 0.132 e. The number of hydrogen-bond donors (Lipinski definition) is 0. The quantitative estimate of drug-likeness (QED) is 0.171. The Morgan fingerprint density at radius 2 is 0.731 bits per heavy atom. The zero-order chi connectivity index (χ0) is 51.1. The lowest BCUT2D eigenvalue weighted by molar-refractivity contribution is 0.436. The van der Waals surface area contributed by atoms with E-state index < -0.39 is 10.8 Å². The van der Waals surface area contributed by atoms with Crippen LogP contribution in [0.5, 0.6) is 23.0 Å². The van der Waals surface area contributed by atoms with Gasteiger partial charge in [0.25, 0.3) is 0 Å². The summed E-state index contributed by atoms with van der Waals surface area (Å²) in [5.41, 5.74) is 21.4. The summed E-state index contributed by atoms with van der Waals surface area (Å²) in [4.78, 5) is 2.48. The van der Waals surface area contributed by atoms with Crippen molar-refractivity contribution < 1.29 is 9.47 Å². The first-order chi connectivity index (χ1) is 38.7. The van der Waals surface area contributed by atoms with Gasteiger partial charge in [-0.15, -0.1) is 11.3 Å². The SMILES string of the molecule is c1ccc2c(c1)Oc1ccccc1C21c2ccccc2-c2ccc(-c3ccc(N(c4ccc(-c5cccc6c5sc5ccccc56)cc4)c4cccc5c4-c4ccccc4C54c5ccccc5Oc5ccccc54)cc3)cc21. The Labute approximate surface area is 456 Å². The number of rotatable bonds is 5. The predicted octanol–water partition coefficient (Wildman–Crippen LogP) is 19.8. The van der Waals surface area contributed by atoms with Crippen LogP contribution in [0.15, 0.2) is 273 Å². The topological polar surface area (TPSA) is 21.7 Å². The minimum Gasteiger partial charge on any atom is -0.457 e. The molecule has 0 N–H and O–H groups in total. The van der Waals surface area contributed by atoms with Crippen LogP contribution in [0.3, 0.4) is 0 Å². The summed E-state index contributed by atoms with van der Waals surface area (Å²) in [5.74, 6) is 3.55. The first-order valence-corrected chi connectivity index (χ1v) is 27.6. The van der Waals surface area contributed by atoms with E-state index in [1.807, 2.05) is 11.3 Å². The Morgan fingerprint density at radius 1 is 0.295 bits per heavy atom. The fraction of sp³-hybridized carbons (Fsp3) is 0.0270. The number of para-hydroxylation sites is 4. The first kappa shape index (κ1) is 43.5. The highest BCUT2D eigenvalue weighted by molar-refractivity contribution is 7.26. The molecule has 0 saturated heterocycles. The molecule has 0 saturated carbocycles. The summed E-state index contributed by atoms with van der Waals surface area (Å²) in [6.07, 6.45) is 0. The Bertz CT molecular complexity index is 4550. The molecule has 0 radical (unpaired) electrons. The van der Waals surface area contributed by atoms with E-state index in [1.54, 1.807) is 0 Å². The van der Waals surface area contributed by atoms with Crippen molar-refractivity contribution in [3.8, 4) is 67.5 Å². The standard InChI is InChI=1S/C74H45NO2S/c1-4-22-57-52(17-1)53-44-39-48(45-64(53)74(57)61-26-8-12-32-68(61)77-69-33-13-9-27-62(69)74)46-35-40-49(41-36-46)75(50-42-37-47(38-43-50)51-20-15-21-55-54-18-3-14-34-70(54)78-72(51)55)65-29-16-28-63-71(65)56-19-2-5-23-58(56)73(63)59-24-6-10-30-66(59)76-67-31-11-7-25-60(67)73/h1-45H. The fourth-order valence-electron chi connectivity index (χ4n) is 14.1. The van der Waals surface area contributed by atoms with Crippen LogP contribution in [0.25, 0.3) is 64.7 Å². The van der Waals surface area contributed by atoms with Crippen molar-refractivity contribution in [2.45, 2.75) is 10.8 Å². The van der Waals surface area contributed by atoms with Crippen molar-refractivity contribution >= 4 is 48.6 Å². The number of anilines is 3. The lowest BCUT2D eigenvalue weighted by Gasteiger charge is -2.39. The van der Waals surface area contributed by atoms with Crippen LogP contribution in [-0.4, -0.2) is 0 Å². The molecule has 1 aromatic heterocycles. The summed E-state index contributed by atoms with van der Waals surface area (Å²) < 4.78 is 16.0. The molecule has 2 aliphatic heterocycles. The number of thiophene rings is 1. The molecule has 17 rings (SSSR count). The third-order valence-electron chi connectivity index (χ3n) is 17.2. The van der Waals surface area contributed by atoms with Gasteiger partial charge in [0.05, 0.1) is 16.5 Å². The molecular weight excluding hydrogens is 967 g/mol. The Hall–Kier alpha value is -9.74. The highest BCUT2D eigenvalue weighted by Gasteiger charge is 2.53. The molecule has 0 amide bonds. The second kappa shape index (κ2) is 16.4. The van der Waals surface area contributed by atoms with E-state index in [4.69, 9.17) is 9.47 Å². The highest BCUT2D eigenvalue weighted by atomic mass is 32.1. The molecule has 4 heteroatoms. The van der Waals surface area contributed by atoms with Crippen molar-refractivity contribution in [3.63, 3.8) is 0 Å². The van der Waals surface area contributed by atoms with Crippen molar-refractivity contribution in [2.24, 2.45) is 0 Å². The molecular formula is C74H45NO2S. The van der Waals surface area contributed by atoms with E-state index in [-0.39, 0.29) is 0 Å². The lowest BCUT2D eigenvalue weighted by atomic mass is 9.66. The predicted molar refractivity (Wildman–Crippen MR) is 320 cm³/mol. The fourth-order valence-corrected chi connectivity index (χ4v) is 15.3. The van der Waals surface area contributed by atoms with Crippen LogP contribution in [0, 0.1) is 0 Å². The van der Waals surface area contributed by atoms with Crippen LogP contribution in [0.2, 0.25) is 0 Å². The van der Waals surface area contributed by atoms with Crippen molar-refractivity contribution in [3.05, 3.63) is 317 Å². The molecule has 3 nitrogen and oxygen atoms in total.